The molecule has 0 radical (unpaired) electrons. The number of aliphatic carboxylic acids is 2. The predicted molar refractivity (Wildman–Crippen MR) is 274 cm³/mol. The highest BCUT2D eigenvalue weighted by Crippen LogP contribution is 2.29. The van der Waals surface area contributed by atoms with Crippen molar-refractivity contribution in [2.45, 2.75) is 112 Å². The molecular weight excluding hydrogens is 1010 g/mol. The summed E-state index contributed by atoms with van der Waals surface area (Å²) in [5.74, 6) is -3.45. The molecule has 5 N–H and O–H groups in total. The molecule has 0 unspecified atom stereocenters. The van der Waals surface area contributed by atoms with Crippen molar-refractivity contribution in [1.82, 2.24) is 29.5 Å². The average Bonchev–Trinajstić information content (AvgIpc) is 4.22. The number of likely N-dealkylation sites (tertiary alicyclic amines) is 1. The minimum absolute atomic E-state index is 0.0129. The molecule has 0 aliphatic carbocycles. The summed E-state index contributed by atoms with van der Waals surface area (Å²) in [6.07, 6.45) is 4.52. The van der Waals surface area contributed by atoms with E-state index in [1.165, 1.54) is 24.3 Å². The Hall–Kier alpha value is -6.72. The molecule has 0 saturated carbocycles. The Morgan fingerprint density at radius 3 is 1.36 bits per heavy atom. The number of carboxylic acids is 2. The molecule has 20 nitrogen and oxygen atoms in total. The van der Waals surface area contributed by atoms with Gasteiger partial charge in [0.1, 0.15) is 35.7 Å². The van der Waals surface area contributed by atoms with Gasteiger partial charge in [0.2, 0.25) is 31.9 Å². The van der Waals surface area contributed by atoms with Crippen molar-refractivity contribution in [2.24, 2.45) is 5.92 Å². The van der Waals surface area contributed by atoms with Gasteiger partial charge in [-0.15, -0.1) is 0 Å². The lowest BCUT2D eigenvalue weighted by Crippen LogP contribution is -2.51. The highest BCUT2D eigenvalue weighted by Gasteiger charge is 2.42. The molecule has 75 heavy (non-hydrogen) atoms. The van der Waals surface area contributed by atoms with Gasteiger partial charge in [-0.1, -0.05) is 59.7 Å². The van der Waals surface area contributed by atoms with Crippen LogP contribution >= 0.6 is 0 Å². The van der Waals surface area contributed by atoms with Crippen molar-refractivity contribution in [3.05, 3.63) is 119 Å². The lowest BCUT2D eigenvalue weighted by Gasteiger charge is -2.25. The van der Waals surface area contributed by atoms with E-state index in [0.29, 0.717) is 61.4 Å². The lowest BCUT2D eigenvalue weighted by molar-refractivity contribution is -0.142. The van der Waals surface area contributed by atoms with E-state index >= 15 is 0 Å². The molecule has 0 spiro atoms. The summed E-state index contributed by atoms with van der Waals surface area (Å²) in [5.41, 5.74) is 3.06. The van der Waals surface area contributed by atoms with Gasteiger partial charge >= 0.3 is 24.0 Å². The van der Waals surface area contributed by atoms with Crippen LogP contribution in [0.3, 0.4) is 0 Å². The Labute approximate surface area is 436 Å². The van der Waals surface area contributed by atoms with Gasteiger partial charge in [-0.05, 0) is 138 Å². The second kappa shape index (κ2) is 25.2. The van der Waals surface area contributed by atoms with Crippen molar-refractivity contribution in [3.63, 3.8) is 0 Å². The molecule has 4 aromatic rings. The monoisotopic (exact) mass is 1070 g/mol. The summed E-state index contributed by atoms with van der Waals surface area (Å²) >= 11 is 0. The third-order valence-corrected chi connectivity index (χ3v) is 17.5. The standard InChI is InChI=1S/C27H33N3O7S.C26H31N3O7S/c1-18-4-10-22(11-5-18)38(35,36)30-16-2-3-24(30)25(31)29-23(26(32)33)17-19-6-8-21(9-7-19)37-27(34)20-12-14-28-15-13-20;1-18-6-12-21(13-7-18)37(34,35)29-16-4-5-23(29)24(30)27-22(25(31)32)17-19-8-10-20(11-9-19)36-26(33)28-14-2-3-15-28/h4-11,20,23-24,28H,2-3,12-17H2,1H3,(H,29,31)(H,32,33);6-13,22-23H,2-5,14-17H2,1H3,(H,27,30)(H,31,32)/t23-,24-;22-,23-/m00/s1. The van der Waals surface area contributed by atoms with Gasteiger partial charge in [0.15, 0.2) is 0 Å². The maximum Gasteiger partial charge on any atom is 0.415 e. The average molecular weight is 1070 g/mol. The molecule has 4 aliphatic heterocycles. The number of piperidine rings is 1. The van der Waals surface area contributed by atoms with E-state index in [1.807, 2.05) is 13.8 Å². The Morgan fingerprint density at radius 2 is 0.960 bits per heavy atom. The van der Waals surface area contributed by atoms with Crippen molar-refractivity contribution in [3.8, 4) is 11.5 Å². The molecule has 4 aromatic carbocycles. The van der Waals surface area contributed by atoms with E-state index in [9.17, 15) is 55.8 Å². The largest absolute Gasteiger partial charge is 0.480 e. The van der Waals surface area contributed by atoms with E-state index in [2.05, 4.69) is 16.0 Å². The lowest BCUT2D eigenvalue weighted by atomic mass is 9.98. The summed E-state index contributed by atoms with van der Waals surface area (Å²) in [7, 11) is -7.81. The SMILES string of the molecule is Cc1ccc(S(=O)(=O)N2CCC[C@H]2C(=O)N[C@@H](Cc2ccc(OC(=O)C3CCNCC3)cc2)C(=O)O)cc1.Cc1ccc(S(=O)(=O)N2CCC[C@H]2C(=O)N[C@@H](Cc2ccc(OC(=O)N3CCCC3)cc2)C(=O)O)cc1. The van der Waals surface area contributed by atoms with Crippen LogP contribution in [0.2, 0.25) is 0 Å². The van der Waals surface area contributed by atoms with Crippen LogP contribution in [0.15, 0.2) is 107 Å². The Kier molecular flexibility index (Phi) is 18.8. The normalized spacial score (nSPS) is 19.3. The topological polar surface area (TPSA) is 275 Å². The minimum Gasteiger partial charge on any atom is -0.480 e. The van der Waals surface area contributed by atoms with Gasteiger partial charge in [-0.25, -0.2) is 31.2 Å². The van der Waals surface area contributed by atoms with Crippen LogP contribution in [0.1, 0.15) is 73.6 Å². The van der Waals surface area contributed by atoms with Crippen LogP contribution < -0.4 is 25.4 Å². The number of ether oxygens (including phenoxy) is 2. The predicted octanol–water partition coefficient (Wildman–Crippen LogP) is 4.42. The number of hydrogen-bond donors (Lipinski definition) is 5. The van der Waals surface area contributed by atoms with Gasteiger partial charge in [0.05, 0.1) is 15.7 Å². The third-order valence-electron chi connectivity index (χ3n) is 13.7. The quantitative estimate of drug-likeness (QED) is 0.0723. The Balaban J connectivity index is 0.000000219. The zero-order valence-corrected chi connectivity index (χ0v) is 43.5. The van der Waals surface area contributed by atoms with Crippen LogP contribution in [0.4, 0.5) is 4.79 Å². The van der Waals surface area contributed by atoms with Gasteiger partial charge in [0.25, 0.3) is 0 Å². The van der Waals surface area contributed by atoms with Crippen molar-refractivity contribution < 1.29 is 65.3 Å². The van der Waals surface area contributed by atoms with Crippen LogP contribution in [-0.4, -0.2) is 140 Å². The molecule has 402 valence electrons. The van der Waals surface area contributed by atoms with Gasteiger partial charge in [0, 0.05) is 39.0 Å². The number of sulfonamides is 2. The third kappa shape index (κ3) is 14.6. The first-order chi connectivity index (χ1) is 35.8. The number of benzene rings is 4. The maximum atomic E-state index is 13.2. The van der Waals surface area contributed by atoms with E-state index < -0.39 is 74.1 Å². The molecule has 8 rings (SSSR count). The fourth-order valence-corrected chi connectivity index (χ4v) is 12.7. The molecule has 4 aliphatic rings. The fourth-order valence-electron chi connectivity index (χ4n) is 9.39. The van der Waals surface area contributed by atoms with Crippen molar-refractivity contribution >= 4 is 55.9 Å². The number of carboxylic acid groups (broad SMARTS) is 2. The van der Waals surface area contributed by atoms with Gasteiger partial charge in [-0.2, -0.15) is 8.61 Å². The van der Waals surface area contributed by atoms with Crippen molar-refractivity contribution in [1.29, 1.82) is 0 Å². The first kappa shape index (κ1) is 56.0. The molecule has 4 heterocycles. The summed E-state index contributed by atoms with van der Waals surface area (Å²) in [4.78, 5) is 76.3. The summed E-state index contributed by atoms with van der Waals surface area (Å²) in [6, 6.07) is 21.2. The van der Waals surface area contributed by atoms with Crippen molar-refractivity contribution in [2.75, 3.05) is 39.3 Å². The number of aryl methyl sites for hydroxylation is 2. The molecule has 22 heteroatoms. The Morgan fingerprint density at radius 1 is 0.560 bits per heavy atom. The van der Waals surface area contributed by atoms with Gasteiger partial charge < -0.3 is 40.5 Å². The van der Waals surface area contributed by atoms with E-state index in [0.717, 1.165) is 58.5 Å². The highest BCUT2D eigenvalue weighted by atomic mass is 32.2. The van der Waals surface area contributed by atoms with Crippen LogP contribution in [-0.2, 0) is 56.9 Å². The highest BCUT2D eigenvalue weighted by molar-refractivity contribution is 7.89. The fraction of sp³-hybridized carbons (Fsp3) is 0.434. The molecular formula is C53H64N6O14S2. The smallest absolute Gasteiger partial charge is 0.415 e. The summed E-state index contributed by atoms with van der Waals surface area (Å²) in [6.45, 7) is 6.96. The zero-order chi connectivity index (χ0) is 53.9. The molecule has 4 saturated heterocycles. The summed E-state index contributed by atoms with van der Waals surface area (Å²) in [5, 5.41) is 27.7. The molecule has 4 fully saturated rings. The van der Waals surface area contributed by atoms with E-state index in [4.69, 9.17) is 9.47 Å². The maximum absolute atomic E-state index is 13.2. The number of rotatable bonds is 17. The number of carbonyl (C=O) groups excluding carboxylic acids is 4. The molecule has 0 bridgehead atoms. The number of carbonyl (C=O) groups is 6. The second-order valence-electron chi connectivity index (χ2n) is 19.2. The molecule has 0 aromatic heterocycles. The number of hydrogen-bond acceptors (Lipinski definition) is 13. The summed E-state index contributed by atoms with van der Waals surface area (Å²) < 4.78 is 65.8. The molecule has 3 amide bonds. The van der Waals surface area contributed by atoms with Crippen LogP contribution in [0, 0.1) is 19.8 Å². The van der Waals surface area contributed by atoms with E-state index in [1.54, 1.807) is 77.7 Å². The number of amides is 3. The number of nitrogens with one attached hydrogen (secondary N) is 3. The number of nitrogens with zero attached hydrogens (tertiary/aromatic N) is 3. The van der Waals surface area contributed by atoms with Crippen LogP contribution in [0.25, 0.3) is 0 Å². The minimum atomic E-state index is -3.91. The van der Waals surface area contributed by atoms with E-state index in [-0.39, 0.29) is 47.6 Å². The van der Waals surface area contributed by atoms with Crippen LogP contribution in [0.5, 0.6) is 11.5 Å². The Bertz CT molecular complexity index is 2890. The molecule has 4 atom stereocenters. The second-order valence-corrected chi connectivity index (χ2v) is 23.0. The first-order valence-corrected chi connectivity index (χ1v) is 28.0. The first-order valence-electron chi connectivity index (χ1n) is 25.1. The number of esters is 1. The van der Waals surface area contributed by atoms with Gasteiger partial charge in [-0.3, -0.25) is 14.4 Å². The zero-order valence-electron chi connectivity index (χ0n) is 41.9.